The zero-order chi connectivity index (χ0) is 16.4. The maximum absolute atomic E-state index is 12.3. The number of halogens is 3. The summed E-state index contributed by atoms with van der Waals surface area (Å²) < 4.78 is 62.9. The van der Waals surface area contributed by atoms with Gasteiger partial charge in [0.2, 0.25) is 0 Å². The van der Waals surface area contributed by atoms with E-state index >= 15 is 0 Å². The Balaban J connectivity index is 2.42. The lowest BCUT2D eigenvalue weighted by Gasteiger charge is -2.12. The zero-order valence-corrected chi connectivity index (χ0v) is 11.7. The molecule has 0 bridgehead atoms. The molecule has 0 heterocycles. The van der Waals surface area contributed by atoms with Gasteiger partial charge < -0.3 is 4.18 Å². The molecule has 22 heavy (non-hydrogen) atoms. The molecule has 0 aliphatic carbocycles. The first kappa shape index (κ1) is 16.0. The van der Waals surface area contributed by atoms with Gasteiger partial charge in [0, 0.05) is 0 Å². The minimum atomic E-state index is -5.82. The second-order valence-electron chi connectivity index (χ2n) is 4.22. The Labute approximate surface area is 124 Å². The fourth-order valence-corrected chi connectivity index (χ4v) is 2.17. The van der Waals surface area contributed by atoms with E-state index in [1.807, 2.05) is 0 Å². The largest absolute Gasteiger partial charge is 0.534 e. The number of carbonyl (C=O) groups is 1. The smallest absolute Gasteiger partial charge is 0.375 e. The minimum absolute atomic E-state index is 0.230. The minimum Gasteiger partial charge on any atom is -0.375 e. The summed E-state index contributed by atoms with van der Waals surface area (Å²) in [6.07, 6.45) is 0.230. The topological polar surface area (TPSA) is 60.4 Å². The van der Waals surface area contributed by atoms with Gasteiger partial charge in [-0.3, -0.25) is 4.79 Å². The van der Waals surface area contributed by atoms with Gasteiger partial charge >= 0.3 is 15.6 Å². The van der Waals surface area contributed by atoms with Crippen LogP contribution in [0.25, 0.3) is 11.1 Å². The first-order chi connectivity index (χ1) is 10.2. The first-order valence-electron chi connectivity index (χ1n) is 5.90. The van der Waals surface area contributed by atoms with Crippen LogP contribution in [0, 0.1) is 0 Å². The molecular formula is C14H9F3O4S. The van der Waals surface area contributed by atoms with Crippen molar-refractivity contribution in [2.75, 3.05) is 0 Å². The summed E-state index contributed by atoms with van der Waals surface area (Å²) in [5.41, 5.74) is -4.60. The fourth-order valence-electron chi connectivity index (χ4n) is 1.69. The van der Waals surface area contributed by atoms with Crippen molar-refractivity contribution in [3.8, 4) is 16.9 Å². The molecule has 0 radical (unpaired) electrons. The summed E-state index contributed by atoms with van der Waals surface area (Å²) in [6, 6.07) is 12.4. The van der Waals surface area contributed by atoms with Crippen LogP contribution in [0.15, 0.2) is 48.5 Å². The molecular weight excluding hydrogens is 321 g/mol. The maximum Gasteiger partial charge on any atom is 0.534 e. The predicted molar refractivity (Wildman–Crippen MR) is 72.9 cm³/mol. The van der Waals surface area contributed by atoms with E-state index in [0.29, 0.717) is 5.56 Å². The van der Waals surface area contributed by atoms with Crippen LogP contribution in [0.1, 0.15) is 10.4 Å². The van der Waals surface area contributed by atoms with Crippen LogP contribution >= 0.6 is 0 Å². The molecule has 0 amide bonds. The van der Waals surface area contributed by atoms with Crippen LogP contribution in [0.3, 0.4) is 0 Å². The number of alkyl halides is 3. The summed E-state index contributed by atoms with van der Waals surface area (Å²) in [4.78, 5) is 11.0. The molecule has 2 aromatic rings. The molecule has 8 heteroatoms. The lowest BCUT2D eigenvalue weighted by molar-refractivity contribution is -0.0500. The van der Waals surface area contributed by atoms with Gasteiger partial charge in [-0.25, -0.2) is 0 Å². The van der Waals surface area contributed by atoms with Crippen LogP contribution in [0.5, 0.6) is 5.75 Å². The van der Waals surface area contributed by atoms with Crippen LogP contribution in [0.4, 0.5) is 13.2 Å². The number of aldehydes is 1. The standard InChI is InChI=1S/C14H9F3O4S/c15-14(16,17)22(19,20)21-13-7-6-11(8-12(13)9-18)10-4-2-1-3-5-10/h1-9H. The average molecular weight is 330 g/mol. The summed E-state index contributed by atoms with van der Waals surface area (Å²) in [5.74, 6) is -0.674. The van der Waals surface area contributed by atoms with E-state index in [4.69, 9.17) is 0 Å². The van der Waals surface area contributed by atoms with Crippen LogP contribution in [0.2, 0.25) is 0 Å². The first-order valence-corrected chi connectivity index (χ1v) is 7.31. The number of rotatable bonds is 4. The van der Waals surface area contributed by atoms with E-state index in [1.165, 1.54) is 12.1 Å². The van der Waals surface area contributed by atoms with Gasteiger partial charge in [-0.15, -0.1) is 0 Å². The molecule has 0 aliphatic heterocycles. The maximum atomic E-state index is 12.3. The highest BCUT2D eigenvalue weighted by Gasteiger charge is 2.48. The molecule has 0 aromatic heterocycles. The van der Waals surface area contributed by atoms with Crippen molar-refractivity contribution in [1.29, 1.82) is 0 Å². The molecule has 0 fully saturated rings. The van der Waals surface area contributed by atoms with Crippen molar-refractivity contribution in [3.63, 3.8) is 0 Å². The zero-order valence-electron chi connectivity index (χ0n) is 10.9. The monoisotopic (exact) mass is 330 g/mol. The number of hydrogen-bond acceptors (Lipinski definition) is 4. The third kappa shape index (κ3) is 3.28. The third-order valence-corrected chi connectivity index (χ3v) is 3.69. The summed E-state index contributed by atoms with van der Waals surface area (Å²) >= 11 is 0. The molecule has 0 aliphatic rings. The molecule has 2 rings (SSSR count). The Morgan fingerprint density at radius 3 is 2.14 bits per heavy atom. The van der Waals surface area contributed by atoms with E-state index in [2.05, 4.69) is 4.18 Å². The second kappa shape index (κ2) is 5.80. The van der Waals surface area contributed by atoms with E-state index in [1.54, 1.807) is 30.3 Å². The van der Waals surface area contributed by atoms with Gasteiger partial charge in [0.05, 0.1) is 5.56 Å². The molecule has 0 saturated heterocycles. The van der Waals surface area contributed by atoms with Gasteiger partial charge in [-0.05, 0) is 23.3 Å². The van der Waals surface area contributed by atoms with Gasteiger partial charge in [-0.2, -0.15) is 21.6 Å². The molecule has 4 nitrogen and oxygen atoms in total. The normalized spacial score (nSPS) is 12.0. The second-order valence-corrected chi connectivity index (χ2v) is 5.76. The average Bonchev–Trinajstić information content (AvgIpc) is 2.47. The summed E-state index contributed by atoms with van der Waals surface area (Å²) in [6.45, 7) is 0. The number of carbonyl (C=O) groups excluding carboxylic acids is 1. The van der Waals surface area contributed by atoms with Crippen molar-refractivity contribution in [2.45, 2.75) is 5.51 Å². The van der Waals surface area contributed by atoms with Gasteiger partial charge in [0.25, 0.3) is 0 Å². The summed E-state index contributed by atoms with van der Waals surface area (Å²) in [7, 11) is -5.82. The van der Waals surface area contributed by atoms with E-state index in [9.17, 15) is 26.4 Å². The molecule has 0 unspecified atom stereocenters. The Bertz CT molecular complexity index is 783. The van der Waals surface area contributed by atoms with Crippen molar-refractivity contribution < 1.29 is 30.6 Å². The van der Waals surface area contributed by atoms with Crippen molar-refractivity contribution in [3.05, 3.63) is 54.1 Å². The Hall–Kier alpha value is -2.35. The van der Waals surface area contributed by atoms with Crippen LogP contribution < -0.4 is 4.18 Å². The Kier molecular flexibility index (Phi) is 4.23. The Morgan fingerprint density at radius 1 is 0.955 bits per heavy atom. The van der Waals surface area contributed by atoms with Crippen LogP contribution in [-0.2, 0) is 10.1 Å². The quantitative estimate of drug-likeness (QED) is 0.490. The van der Waals surface area contributed by atoms with E-state index in [-0.39, 0.29) is 11.8 Å². The highest BCUT2D eigenvalue weighted by molar-refractivity contribution is 7.88. The molecule has 0 saturated carbocycles. The van der Waals surface area contributed by atoms with Gasteiger partial charge in [0.1, 0.15) is 0 Å². The van der Waals surface area contributed by atoms with Gasteiger partial charge in [0.15, 0.2) is 12.0 Å². The lowest BCUT2D eigenvalue weighted by atomic mass is 10.0. The van der Waals surface area contributed by atoms with E-state index < -0.39 is 21.4 Å². The SMILES string of the molecule is O=Cc1cc(-c2ccccc2)ccc1OS(=O)(=O)C(F)(F)F. The van der Waals surface area contributed by atoms with E-state index in [0.717, 1.165) is 11.6 Å². The molecule has 2 aromatic carbocycles. The third-order valence-electron chi connectivity index (χ3n) is 2.73. The van der Waals surface area contributed by atoms with Crippen molar-refractivity contribution in [1.82, 2.24) is 0 Å². The summed E-state index contributed by atoms with van der Waals surface area (Å²) in [5, 5.41) is 0. The van der Waals surface area contributed by atoms with Crippen LogP contribution in [-0.4, -0.2) is 20.2 Å². The number of hydrogen-bond donors (Lipinski definition) is 0. The van der Waals surface area contributed by atoms with Crippen molar-refractivity contribution >= 4 is 16.4 Å². The van der Waals surface area contributed by atoms with Crippen molar-refractivity contribution in [2.24, 2.45) is 0 Å². The lowest BCUT2D eigenvalue weighted by Crippen LogP contribution is -2.28. The highest BCUT2D eigenvalue weighted by Crippen LogP contribution is 2.31. The van der Waals surface area contributed by atoms with Gasteiger partial charge in [-0.1, -0.05) is 36.4 Å². The molecule has 0 atom stereocenters. The molecule has 0 spiro atoms. The highest BCUT2D eigenvalue weighted by atomic mass is 32.2. The number of benzene rings is 2. The molecule has 0 N–H and O–H groups in total. The molecule has 116 valence electrons. The fraction of sp³-hybridized carbons (Fsp3) is 0.0714. The Morgan fingerprint density at radius 2 is 1.59 bits per heavy atom. The predicted octanol–water partition coefficient (Wildman–Crippen LogP) is 3.39.